The predicted molar refractivity (Wildman–Crippen MR) is 117 cm³/mol. The Morgan fingerprint density at radius 1 is 1.17 bits per heavy atom. The lowest BCUT2D eigenvalue weighted by Gasteiger charge is -2.19. The number of carbonyl (C=O) groups is 1. The standard InChI is InChI=1S/C21H23ClN4O2S/c1-21(2,3)14-7-5-13(6-8-14)19-24-25-20(29-12-18(23)27)26(19)15-9-10-17(28-4)16(22)11-15/h5-11H,12H2,1-4H3,(H2,23,27). The molecular formula is C21H23ClN4O2S. The Morgan fingerprint density at radius 2 is 1.86 bits per heavy atom. The fourth-order valence-corrected chi connectivity index (χ4v) is 3.78. The Kier molecular flexibility index (Phi) is 6.19. The van der Waals surface area contributed by atoms with E-state index in [1.54, 1.807) is 19.2 Å². The first-order valence-electron chi connectivity index (χ1n) is 9.02. The molecule has 1 aromatic heterocycles. The molecule has 0 aliphatic carbocycles. The van der Waals surface area contributed by atoms with Crippen LogP contribution in [0.15, 0.2) is 47.6 Å². The number of aromatic nitrogens is 3. The van der Waals surface area contributed by atoms with Crippen LogP contribution >= 0.6 is 23.4 Å². The zero-order chi connectivity index (χ0) is 21.2. The zero-order valence-electron chi connectivity index (χ0n) is 16.8. The normalized spacial score (nSPS) is 11.5. The van der Waals surface area contributed by atoms with Crippen LogP contribution in [0.2, 0.25) is 5.02 Å². The highest BCUT2D eigenvalue weighted by Crippen LogP contribution is 2.33. The second kappa shape index (κ2) is 8.47. The van der Waals surface area contributed by atoms with Gasteiger partial charge in [0.05, 0.1) is 23.6 Å². The molecule has 1 heterocycles. The van der Waals surface area contributed by atoms with Gasteiger partial charge in [0.2, 0.25) is 5.91 Å². The summed E-state index contributed by atoms with van der Waals surface area (Å²) in [6.45, 7) is 6.51. The Hall–Kier alpha value is -2.51. The number of halogens is 1. The quantitative estimate of drug-likeness (QED) is 0.583. The first-order chi connectivity index (χ1) is 13.7. The maximum atomic E-state index is 11.3. The lowest BCUT2D eigenvalue weighted by molar-refractivity contribution is -0.115. The van der Waals surface area contributed by atoms with Gasteiger partial charge in [-0.1, -0.05) is 68.4 Å². The molecule has 0 radical (unpaired) electrons. The third-order valence-electron chi connectivity index (χ3n) is 4.38. The van der Waals surface area contributed by atoms with Crippen LogP contribution in [-0.4, -0.2) is 33.5 Å². The Bertz CT molecular complexity index is 1030. The first-order valence-corrected chi connectivity index (χ1v) is 10.4. The number of benzene rings is 2. The lowest BCUT2D eigenvalue weighted by Crippen LogP contribution is -2.13. The van der Waals surface area contributed by atoms with E-state index in [1.165, 1.54) is 17.3 Å². The van der Waals surface area contributed by atoms with Crippen LogP contribution in [0.3, 0.4) is 0 Å². The molecule has 0 unspecified atom stereocenters. The number of hydrogen-bond donors (Lipinski definition) is 1. The van der Waals surface area contributed by atoms with Crippen molar-refractivity contribution in [1.29, 1.82) is 0 Å². The number of thioether (sulfide) groups is 1. The zero-order valence-corrected chi connectivity index (χ0v) is 18.3. The summed E-state index contributed by atoms with van der Waals surface area (Å²) in [6.07, 6.45) is 0. The predicted octanol–water partition coefficient (Wildman–Crippen LogP) is 4.47. The first kappa shape index (κ1) is 21.2. The second-order valence-electron chi connectivity index (χ2n) is 7.54. The molecule has 152 valence electrons. The molecule has 8 heteroatoms. The van der Waals surface area contributed by atoms with Crippen molar-refractivity contribution >= 4 is 29.3 Å². The molecule has 0 spiro atoms. The smallest absolute Gasteiger partial charge is 0.227 e. The molecule has 0 bridgehead atoms. The van der Waals surface area contributed by atoms with Crippen molar-refractivity contribution in [3.05, 3.63) is 53.1 Å². The van der Waals surface area contributed by atoms with E-state index in [0.29, 0.717) is 21.8 Å². The summed E-state index contributed by atoms with van der Waals surface area (Å²) >= 11 is 7.56. The third-order valence-corrected chi connectivity index (χ3v) is 5.63. The molecule has 0 atom stereocenters. The maximum absolute atomic E-state index is 11.3. The minimum Gasteiger partial charge on any atom is -0.495 e. The van der Waals surface area contributed by atoms with Gasteiger partial charge in [-0.3, -0.25) is 9.36 Å². The third kappa shape index (κ3) is 4.74. The number of methoxy groups -OCH3 is 1. The average Bonchev–Trinajstić information content (AvgIpc) is 3.09. The van der Waals surface area contributed by atoms with Gasteiger partial charge in [0.25, 0.3) is 0 Å². The summed E-state index contributed by atoms with van der Waals surface area (Å²) in [5.41, 5.74) is 8.26. The average molecular weight is 431 g/mol. The highest BCUT2D eigenvalue weighted by Gasteiger charge is 2.19. The van der Waals surface area contributed by atoms with Crippen molar-refractivity contribution in [1.82, 2.24) is 14.8 Å². The number of carbonyl (C=O) groups excluding carboxylic acids is 1. The number of primary amides is 1. The monoisotopic (exact) mass is 430 g/mol. The van der Waals surface area contributed by atoms with Crippen LogP contribution in [0.5, 0.6) is 5.75 Å². The van der Waals surface area contributed by atoms with Gasteiger partial charge in [0.15, 0.2) is 11.0 Å². The number of nitrogens with two attached hydrogens (primary N) is 1. The highest BCUT2D eigenvalue weighted by molar-refractivity contribution is 7.99. The van der Waals surface area contributed by atoms with Crippen molar-refractivity contribution in [3.63, 3.8) is 0 Å². The van der Waals surface area contributed by atoms with E-state index in [2.05, 4.69) is 43.1 Å². The van der Waals surface area contributed by atoms with E-state index in [1.807, 2.05) is 22.8 Å². The molecule has 2 N–H and O–H groups in total. The molecule has 0 fully saturated rings. The van der Waals surface area contributed by atoms with Crippen molar-refractivity contribution < 1.29 is 9.53 Å². The molecule has 29 heavy (non-hydrogen) atoms. The molecule has 1 amide bonds. The number of ether oxygens (including phenoxy) is 1. The van der Waals surface area contributed by atoms with Crippen molar-refractivity contribution in [2.75, 3.05) is 12.9 Å². The van der Waals surface area contributed by atoms with Crippen LogP contribution in [0.25, 0.3) is 17.1 Å². The Labute approximate surface area is 179 Å². The van der Waals surface area contributed by atoms with E-state index >= 15 is 0 Å². The largest absolute Gasteiger partial charge is 0.495 e. The Balaban J connectivity index is 2.10. The summed E-state index contributed by atoms with van der Waals surface area (Å²) in [7, 11) is 1.57. The number of nitrogens with zero attached hydrogens (tertiary/aromatic N) is 3. The van der Waals surface area contributed by atoms with E-state index in [4.69, 9.17) is 22.1 Å². The van der Waals surface area contributed by atoms with Gasteiger partial charge >= 0.3 is 0 Å². The number of rotatable bonds is 6. The summed E-state index contributed by atoms with van der Waals surface area (Å²) in [5.74, 6) is 0.906. The van der Waals surface area contributed by atoms with Crippen LogP contribution in [0.1, 0.15) is 26.3 Å². The summed E-state index contributed by atoms with van der Waals surface area (Å²) in [5, 5.41) is 9.68. The SMILES string of the molecule is COc1ccc(-n2c(SCC(N)=O)nnc2-c2ccc(C(C)(C)C)cc2)cc1Cl. The van der Waals surface area contributed by atoms with Gasteiger partial charge in [-0.15, -0.1) is 10.2 Å². The minimum absolute atomic E-state index is 0.0538. The van der Waals surface area contributed by atoms with Crippen LogP contribution in [0, 0.1) is 0 Å². The molecule has 0 aliphatic rings. The molecular weight excluding hydrogens is 408 g/mol. The lowest BCUT2D eigenvalue weighted by atomic mass is 9.87. The van der Waals surface area contributed by atoms with Crippen LogP contribution in [-0.2, 0) is 10.2 Å². The fraction of sp³-hybridized carbons (Fsp3) is 0.286. The maximum Gasteiger partial charge on any atom is 0.227 e. The summed E-state index contributed by atoms with van der Waals surface area (Å²) in [4.78, 5) is 11.3. The fourth-order valence-electron chi connectivity index (χ4n) is 2.83. The van der Waals surface area contributed by atoms with Crippen molar-refractivity contribution in [2.24, 2.45) is 5.73 Å². The Morgan fingerprint density at radius 3 is 2.41 bits per heavy atom. The van der Waals surface area contributed by atoms with Gasteiger partial charge in [-0.05, 0) is 29.2 Å². The van der Waals surface area contributed by atoms with E-state index in [0.717, 1.165) is 11.3 Å². The molecule has 2 aromatic carbocycles. The molecule has 6 nitrogen and oxygen atoms in total. The van der Waals surface area contributed by atoms with Gasteiger partial charge in [0.1, 0.15) is 5.75 Å². The number of hydrogen-bond acceptors (Lipinski definition) is 5. The van der Waals surface area contributed by atoms with Crippen LogP contribution < -0.4 is 10.5 Å². The van der Waals surface area contributed by atoms with Gasteiger partial charge in [-0.2, -0.15) is 0 Å². The van der Waals surface area contributed by atoms with E-state index in [9.17, 15) is 4.79 Å². The molecule has 3 rings (SSSR count). The molecule has 0 saturated heterocycles. The van der Waals surface area contributed by atoms with E-state index in [-0.39, 0.29) is 11.2 Å². The summed E-state index contributed by atoms with van der Waals surface area (Å²) in [6, 6.07) is 13.7. The van der Waals surface area contributed by atoms with Crippen LogP contribution in [0.4, 0.5) is 0 Å². The van der Waals surface area contributed by atoms with Crippen molar-refractivity contribution in [2.45, 2.75) is 31.3 Å². The van der Waals surface area contributed by atoms with Gasteiger partial charge in [-0.25, -0.2) is 0 Å². The molecule has 0 aliphatic heterocycles. The minimum atomic E-state index is -0.423. The highest BCUT2D eigenvalue weighted by atomic mass is 35.5. The summed E-state index contributed by atoms with van der Waals surface area (Å²) < 4.78 is 7.11. The topological polar surface area (TPSA) is 83.0 Å². The van der Waals surface area contributed by atoms with Gasteiger partial charge < -0.3 is 10.5 Å². The molecule has 0 saturated carbocycles. The molecule has 3 aromatic rings. The second-order valence-corrected chi connectivity index (χ2v) is 8.89. The van der Waals surface area contributed by atoms with Gasteiger partial charge in [0, 0.05) is 5.56 Å². The van der Waals surface area contributed by atoms with E-state index < -0.39 is 5.91 Å². The number of amides is 1. The van der Waals surface area contributed by atoms with Crippen molar-refractivity contribution in [3.8, 4) is 22.8 Å².